The number of rotatable bonds is 4. The molecule has 0 N–H and O–H groups in total. The molecule has 0 saturated carbocycles. The van der Waals surface area contributed by atoms with Crippen LogP contribution in [0.15, 0.2) is 39.5 Å². The van der Waals surface area contributed by atoms with Gasteiger partial charge in [0.1, 0.15) is 11.3 Å². The molecule has 0 saturated heterocycles. The fraction of sp³-hybridized carbons (Fsp3) is 0.167. The van der Waals surface area contributed by atoms with E-state index in [1.165, 1.54) is 6.07 Å². The van der Waals surface area contributed by atoms with Crippen molar-refractivity contribution in [3.63, 3.8) is 0 Å². The lowest BCUT2D eigenvalue weighted by molar-refractivity contribution is -0.112. The summed E-state index contributed by atoms with van der Waals surface area (Å²) in [5, 5.41) is 0.364. The summed E-state index contributed by atoms with van der Waals surface area (Å²) in [4.78, 5) is 21.5. The van der Waals surface area contributed by atoms with Crippen molar-refractivity contribution in [3.05, 3.63) is 40.8 Å². The summed E-state index contributed by atoms with van der Waals surface area (Å²) in [6.07, 6.45) is 0.137. The number of carbonyl (C=O) groups excluding carboxylic acids is 1. The van der Waals surface area contributed by atoms with Crippen LogP contribution in [0.1, 0.15) is 6.42 Å². The standard InChI is InChI=1S/C12H9ClO4/c13-11(14)5-6-16-9-3-1-8-2-4-12(15)17-10(8)7-9/h1-4,7H,5-6H2. The molecule has 2 rings (SSSR count). The van der Waals surface area contributed by atoms with Gasteiger partial charge in [0.05, 0.1) is 13.0 Å². The molecule has 4 nitrogen and oxygen atoms in total. The van der Waals surface area contributed by atoms with Gasteiger partial charge in [0.2, 0.25) is 5.24 Å². The average molecular weight is 253 g/mol. The van der Waals surface area contributed by atoms with Crippen molar-refractivity contribution < 1.29 is 13.9 Å². The number of halogens is 1. The van der Waals surface area contributed by atoms with Gasteiger partial charge in [0.15, 0.2) is 0 Å². The van der Waals surface area contributed by atoms with E-state index in [1.54, 1.807) is 24.3 Å². The van der Waals surface area contributed by atoms with Crippen LogP contribution in [-0.2, 0) is 4.79 Å². The zero-order valence-electron chi connectivity index (χ0n) is 8.81. The van der Waals surface area contributed by atoms with Gasteiger partial charge < -0.3 is 9.15 Å². The molecule has 0 spiro atoms. The van der Waals surface area contributed by atoms with Gasteiger partial charge in [-0.15, -0.1) is 0 Å². The van der Waals surface area contributed by atoms with Gasteiger partial charge >= 0.3 is 5.63 Å². The van der Waals surface area contributed by atoms with Gasteiger partial charge in [0.25, 0.3) is 0 Å². The molecule has 0 aliphatic heterocycles. The van der Waals surface area contributed by atoms with Gasteiger partial charge in [-0.25, -0.2) is 4.79 Å². The SMILES string of the molecule is O=C(Cl)CCOc1ccc2ccc(=O)oc2c1. The molecule has 0 radical (unpaired) electrons. The van der Waals surface area contributed by atoms with Crippen LogP contribution in [0.25, 0.3) is 11.0 Å². The summed E-state index contributed by atoms with van der Waals surface area (Å²) < 4.78 is 10.3. The Hall–Kier alpha value is -1.81. The first-order chi connectivity index (χ1) is 8.15. The van der Waals surface area contributed by atoms with Crippen LogP contribution in [0.5, 0.6) is 5.75 Å². The van der Waals surface area contributed by atoms with E-state index >= 15 is 0 Å². The third kappa shape index (κ3) is 3.07. The van der Waals surface area contributed by atoms with Gasteiger partial charge in [-0.05, 0) is 29.8 Å². The Morgan fingerprint density at radius 2 is 2.06 bits per heavy atom. The van der Waals surface area contributed by atoms with E-state index in [0.29, 0.717) is 11.3 Å². The average Bonchev–Trinajstić information content (AvgIpc) is 2.28. The second kappa shape index (κ2) is 5.01. The molecule has 5 heteroatoms. The second-order valence-electron chi connectivity index (χ2n) is 3.41. The van der Waals surface area contributed by atoms with Crippen molar-refractivity contribution >= 4 is 27.8 Å². The number of hydrogen-bond acceptors (Lipinski definition) is 4. The number of hydrogen-bond donors (Lipinski definition) is 0. The first kappa shape index (κ1) is 11.7. The largest absolute Gasteiger partial charge is 0.493 e. The zero-order valence-corrected chi connectivity index (χ0v) is 9.57. The molecule has 0 aliphatic rings. The molecule has 0 fully saturated rings. The first-order valence-electron chi connectivity index (χ1n) is 5.00. The predicted octanol–water partition coefficient (Wildman–Crippen LogP) is 2.33. The monoisotopic (exact) mass is 252 g/mol. The minimum absolute atomic E-state index is 0.137. The van der Waals surface area contributed by atoms with Gasteiger partial charge in [-0.1, -0.05) is 0 Å². The zero-order chi connectivity index (χ0) is 12.3. The second-order valence-corrected chi connectivity index (χ2v) is 3.83. The Morgan fingerprint density at radius 3 is 2.82 bits per heavy atom. The third-order valence-corrected chi connectivity index (χ3v) is 2.35. The Bertz CT molecular complexity index is 603. The van der Waals surface area contributed by atoms with Crippen molar-refractivity contribution in [2.45, 2.75) is 6.42 Å². The summed E-state index contributed by atoms with van der Waals surface area (Å²) >= 11 is 5.18. The van der Waals surface area contributed by atoms with Crippen LogP contribution in [0, 0.1) is 0 Å². The lowest BCUT2D eigenvalue weighted by Crippen LogP contribution is -2.01. The van der Waals surface area contributed by atoms with Crippen LogP contribution in [-0.4, -0.2) is 11.8 Å². The van der Waals surface area contributed by atoms with Gasteiger partial charge in [0, 0.05) is 17.5 Å². The highest BCUT2D eigenvalue weighted by Gasteiger charge is 2.01. The Morgan fingerprint density at radius 1 is 1.29 bits per heavy atom. The van der Waals surface area contributed by atoms with Crippen molar-refractivity contribution in [1.29, 1.82) is 0 Å². The van der Waals surface area contributed by atoms with E-state index in [-0.39, 0.29) is 13.0 Å². The van der Waals surface area contributed by atoms with E-state index < -0.39 is 10.9 Å². The highest BCUT2D eigenvalue weighted by Crippen LogP contribution is 2.19. The Balaban J connectivity index is 2.19. The number of benzene rings is 1. The molecule has 0 unspecified atom stereocenters. The molecular formula is C12H9ClO4. The quantitative estimate of drug-likeness (QED) is 0.619. The Kier molecular flexibility index (Phi) is 3.44. The maximum atomic E-state index is 11.0. The molecule has 0 amide bonds. The fourth-order valence-corrected chi connectivity index (χ4v) is 1.46. The smallest absolute Gasteiger partial charge is 0.336 e. The molecule has 1 heterocycles. The summed E-state index contributed by atoms with van der Waals surface area (Å²) in [7, 11) is 0. The van der Waals surface area contributed by atoms with E-state index in [4.69, 9.17) is 20.8 Å². The maximum Gasteiger partial charge on any atom is 0.336 e. The van der Waals surface area contributed by atoms with Gasteiger partial charge in [-0.2, -0.15) is 0 Å². The molecule has 1 aromatic heterocycles. The van der Waals surface area contributed by atoms with E-state index in [0.717, 1.165) is 5.39 Å². The Labute approximate surface area is 102 Å². The molecule has 0 bridgehead atoms. The molecule has 0 aliphatic carbocycles. The highest BCUT2D eigenvalue weighted by atomic mass is 35.5. The number of carbonyl (C=O) groups is 1. The minimum atomic E-state index is -0.447. The molecular weight excluding hydrogens is 244 g/mol. The van der Waals surface area contributed by atoms with E-state index in [9.17, 15) is 9.59 Å². The number of fused-ring (bicyclic) bond motifs is 1. The van der Waals surface area contributed by atoms with Crippen molar-refractivity contribution in [2.24, 2.45) is 0 Å². The number of ether oxygens (including phenoxy) is 1. The molecule has 0 atom stereocenters. The summed E-state index contributed by atoms with van der Waals surface area (Å²) in [5.41, 5.74) is 0.0396. The van der Waals surface area contributed by atoms with Gasteiger partial charge in [-0.3, -0.25) is 4.79 Å². The summed E-state index contributed by atoms with van der Waals surface area (Å²) in [6, 6.07) is 8.15. The third-order valence-electron chi connectivity index (χ3n) is 2.16. The normalized spacial score (nSPS) is 10.4. The van der Waals surface area contributed by atoms with Crippen LogP contribution < -0.4 is 10.4 Å². The molecule has 17 heavy (non-hydrogen) atoms. The topological polar surface area (TPSA) is 56.5 Å². The van der Waals surface area contributed by atoms with Crippen LogP contribution >= 0.6 is 11.6 Å². The minimum Gasteiger partial charge on any atom is -0.493 e. The predicted molar refractivity (Wildman–Crippen MR) is 63.5 cm³/mol. The van der Waals surface area contributed by atoms with Crippen LogP contribution in [0.4, 0.5) is 0 Å². The van der Waals surface area contributed by atoms with E-state index in [1.807, 2.05) is 0 Å². The lowest BCUT2D eigenvalue weighted by Gasteiger charge is -2.04. The highest BCUT2D eigenvalue weighted by molar-refractivity contribution is 6.63. The molecule has 88 valence electrons. The van der Waals surface area contributed by atoms with Crippen molar-refractivity contribution in [2.75, 3.05) is 6.61 Å². The lowest BCUT2D eigenvalue weighted by atomic mass is 10.2. The summed E-state index contributed by atoms with van der Waals surface area (Å²) in [5.74, 6) is 0.532. The van der Waals surface area contributed by atoms with Crippen molar-refractivity contribution in [1.82, 2.24) is 0 Å². The first-order valence-corrected chi connectivity index (χ1v) is 5.38. The van der Waals surface area contributed by atoms with Crippen LogP contribution in [0.2, 0.25) is 0 Å². The fourth-order valence-electron chi connectivity index (χ4n) is 1.38. The van der Waals surface area contributed by atoms with Crippen molar-refractivity contribution in [3.8, 4) is 5.75 Å². The molecule has 1 aromatic carbocycles. The van der Waals surface area contributed by atoms with E-state index in [2.05, 4.69) is 0 Å². The molecule has 2 aromatic rings. The summed E-state index contributed by atoms with van der Waals surface area (Å²) in [6.45, 7) is 0.199. The maximum absolute atomic E-state index is 11.0. The van der Waals surface area contributed by atoms with Crippen LogP contribution in [0.3, 0.4) is 0 Å².